The van der Waals surface area contributed by atoms with Crippen molar-refractivity contribution in [2.45, 2.75) is 31.4 Å². The minimum atomic E-state index is 0.0817. The Morgan fingerprint density at radius 2 is 2.19 bits per heavy atom. The second-order valence-corrected chi connectivity index (χ2v) is 6.88. The summed E-state index contributed by atoms with van der Waals surface area (Å²) in [4.78, 5) is 14.4. The summed E-state index contributed by atoms with van der Waals surface area (Å²) in [5, 5.41) is 3.68. The van der Waals surface area contributed by atoms with Gasteiger partial charge >= 0.3 is 0 Å². The van der Waals surface area contributed by atoms with E-state index in [1.807, 2.05) is 12.1 Å². The molecule has 5 heteroatoms. The van der Waals surface area contributed by atoms with Crippen molar-refractivity contribution in [3.63, 3.8) is 0 Å². The van der Waals surface area contributed by atoms with Crippen LogP contribution in [-0.2, 0) is 4.79 Å². The fraction of sp³-hybridized carbons (Fsp3) is 0.562. The molecule has 1 amide bonds. The van der Waals surface area contributed by atoms with Crippen LogP contribution < -0.4 is 11.1 Å². The van der Waals surface area contributed by atoms with Crippen molar-refractivity contribution in [2.24, 2.45) is 0 Å². The highest BCUT2D eigenvalue weighted by Gasteiger charge is 2.18. The second kappa shape index (κ2) is 8.29. The van der Waals surface area contributed by atoms with E-state index < -0.39 is 0 Å². The number of amides is 1. The van der Waals surface area contributed by atoms with Crippen LogP contribution in [0.5, 0.6) is 0 Å². The lowest BCUT2D eigenvalue weighted by molar-refractivity contribution is -0.116. The zero-order chi connectivity index (χ0) is 15.1. The lowest BCUT2D eigenvalue weighted by Gasteiger charge is -2.31. The van der Waals surface area contributed by atoms with E-state index in [9.17, 15) is 4.79 Å². The smallest absolute Gasteiger partial charge is 0.224 e. The minimum absolute atomic E-state index is 0.0817. The van der Waals surface area contributed by atoms with E-state index in [0.29, 0.717) is 12.1 Å². The molecule has 1 saturated heterocycles. The molecule has 1 heterocycles. The number of nitrogens with one attached hydrogen (secondary N) is 1. The Morgan fingerprint density at radius 3 is 2.90 bits per heavy atom. The summed E-state index contributed by atoms with van der Waals surface area (Å²) >= 11 is 2.08. The molecule has 0 aromatic heterocycles. The van der Waals surface area contributed by atoms with Gasteiger partial charge in [0.2, 0.25) is 5.91 Å². The van der Waals surface area contributed by atoms with Gasteiger partial charge in [0.1, 0.15) is 0 Å². The molecular formula is C16H25N3OS. The second-order valence-electron chi connectivity index (χ2n) is 5.48. The normalized spacial score (nSPS) is 19.4. The third-order valence-corrected chi connectivity index (χ3v) is 5.12. The van der Waals surface area contributed by atoms with Crippen LogP contribution in [0.2, 0.25) is 0 Å². The molecular weight excluding hydrogens is 282 g/mol. The molecule has 1 aromatic rings. The number of anilines is 2. The number of carbonyl (C=O) groups excluding carboxylic acids is 1. The van der Waals surface area contributed by atoms with Crippen LogP contribution in [0.4, 0.5) is 11.4 Å². The largest absolute Gasteiger partial charge is 0.399 e. The fourth-order valence-electron chi connectivity index (χ4n) is 2.48. The van der Waals surface area contributed by atoms with Gasteiger partial charge in [0.15, 0.2) is 0 Å². The first kappa shape index (κ1) is 16.2. The molecule has 1 unspecified atom stereocenters. The maximum Gasteiger partial charge on any atom is 0.224 e. The Hall–Kier alpha value is -1.20. The Balaban J connectivity index is 1.66. The van der Waals surface area contributed by atoms with Crippen LogP contribution in [0.25, 0.3) is 0 Å². The van der Waals surface area contributed by atoms with Crippen LogP contribution in [0.3, 0.4) is 0 Å². The van der Waals surface area contributed by atoms with Gasteiger partial charge in [-0.15, -0.1) is 0 Å². The molecule has 0 saturated carbocycles. The summed E-state index contributed by atoms with van der Waals surface area (Å²) in [6, 6.07) is 7.26. The summed E-state index contributed by atoms with van der Waals surface area (Å²) < 4.78 is 0. The molecule has 116 valence electrons. The van der Waals surface area contributed by atoms with Gasteiger partial charge < -0.3 is 16.0 Å². The predicted octanol–water partition coefficient (Wildman–Crippen LogP) is 2.81. The van der Waals surface area contributed by atoms with Crippen molar-refractivity contribution in [2.75, 3.05) is 36.4 Å². The highest BCUT2D eigenvalue weighted by Crippen LogP contribution is 2.21. The molecule has 0 aliphatic carbocycles. The average molecular weight is 307 g/mol. The first-order valence-electron chi connectivity index (χ1n) is 7.66. The molecule has 0 spiro atoms. The van der Waals surface area contributed by atoms with E-state index in [1.165, 1.54) is 18.7 Å². The number of nitrogens with zero attached hydrogens (tertiary/aromatic N) is 1. The summed E-state index contributed by atoms with van der Waals surface area (Å²) in [6.45, 7) is 5.59. The Labute approximate surface area is 131 Å². The monoisotopic (exact) mass is 307 g/mol. The Kier molecular flexibility index (Phi) is 6.39. The van der Waals surface area contributed by atoms with Crippen LogP contribution in [-0.4, -0.2) is 41.4 Å². The van der Waals surface area contributed by atoms with Crippen LogP contribution in [0.15, 0.2) is 24.3 Å². The summed E-state index contributed by atoms with van der Waals surface area (Å²) in [5.41, 5.74) is 7.15. The minimum Gasteiger partial charge on any atom is -0.399 e. The molecule has 4 nitrogen and oxygen atoms in total. The number of thioether (sulfide) groups is 1. The number of nitrogens with two attached hydrogens (primary N) is 1. The summed E-state index contributed by atoms with van der Waals surface area (Å²) in [6.07, 6.45) is 2.73. The topological polar surface area (TPSA) is 58.4 Å². The van der Waals surface area contributed by atoms with E-state index in [0.717, 1.165) is 30.4 Å². The van der Waals surface area contributed by atoms with Crippen molar-refractivity contribution >= 4 is 29.0 Å². The maximum absolute atomic E-state index is 11.9. The molecule has 1 aliphatic rings. The number of hydrogen-bond acceptors (Lipinski definition) is 4. The highest BCUT2D eigenvalue weighted by atomic mass is 32.2. The molecule has 21 heavy (non-hydrogen) atoms. The number of carbonyl (C=O) groups is 1. The van der Waals surface area contributed by atoms with Crippen LogP contribution >= 0.6 is 11.8 Å². The molecule has 1 atom stereocenters. The van der Waals surface area contributed by atoms with Gasteiger partial charge in [-0.1, -0.05) is 6.92 Å². The average Bonchev–Trinajstić information content (AvgIpc) is 2.50. The van der Waals surface area contributed by atoms with Gasteiger partial charge in [-0.3, -0.25) is 4.79 Å². The van der Waals surface area contributed by atoms with Gasteiger partial charge in [0.25, 0.3) is 0 Å². The van der Waals surface area contributed by atoms with Crippen molar-refractivity contribution in [1.29, 1.82) is 0 Å². The molecule has 2 rings (SSSR count). The number of benzene rings is 1. The standard InChI is InChI=1S/C16H25N3OS/c1-2-15-12-19(10-11-21-15)9-3-4-16(20)18-14-7-5-13(17)6-8-14/h5-8,15H,2-4,9-12,17H2,1H3,(H,18,20). The summed E-state index contributed by atoms with van der Waals surface area (Å²) in [7, 11) is 0. The summed E-state index contributed by atoms with van der Waals surface area (Å²) in [5.74, 6) is 1.30. The number of nitrogen functional groups attached to an aromatic ring is 1. The molecule has 1 aromatic carbocycles. The van der Waals surface area contributed by atoms with E-state index in [1.54, 1.807) is 12.1 Å². The molecule has 1 aliphatic heterocycles. The maximum atomic E-state index is 11.9. The SMILES string of the molecule is CCC1CN(CCCC(=O)Nc2ccc(N)cc2)CCS1. The zero-order valence-corrected chi connectivity index (χ0v) is 13.5. The van der Waals surface area contributed by atoms with Gasteiger partial charge in [-0.05, 0) is 43.7 Å². The van der Waals surface area contributed by atoms with Crippen LogP contribution in [0, 0.1) is 0 Å². The fourth-order valence-corrected chi connectivity index (χ4v) is 3.73. The van der Waals surface area contributed by atoms with Crippen molar-refractivity contribution in [3.8, 4) is 0 Å². The van der Waals surface area contributed by atoms with Crippen molar-refractivity contribution < 1.29 is 4.79 Å². The number of hydrogen-bond donors (Lipinski definition) is 2. The van der Waals surface area contributed by atoms with E-state index >= 15 is 0 Å². The van der Waals surface area contributed by atoms with E-state index in [-0.39, 0.29) is 5.91 Å². The van der Waals surface area contributed by atoms with Gasteiger partial charge in [-0.25, -0.2) is 0 Å². The molecule has 0 bridgehead atoms. The molecule has 3 N–H and O–H groups in total. The lowest BCUT2D eigenvalue weighted by atomic mass is 10.2. The third kappa shape index (κ3) is 5.59. The first-order valence-corrected chi connectivity index (χ1v) is 8.71. The zero-order valence-electron chi connectivity index (χ0n) is 12.7. The van der Waals surface area contributed by atoms with Crippen molar-refractivity contribution in [3.05, 3.63) is 24.3 Å². The van der Waals surface area contributed by atoms with Gasteiger partial charge in [-0.2, -0.15) is 11.8 Å². The van der Waals surface area contributed by atoms with Crippen molar-refractivity contribution in [1.82, 2.24) is 4.90 Å². The predicted molar refractivity (Wildman–Crippen MR) is 91.7 cm³/mol. The van der Waals surface area contributed by atoms with Gasteiger partial charge in [0.05, 0.1) is 0 Å². The Bertz CT molecular complexity index is 449. The van der Waals surface area contributed by atoms with E-state index in [2.05, 4.69) is 28.9 Å². The number of rotatable bonds is 6. The quantitative estimate of drug-likeness (QED) is 0.794. The lowest BCUT2D eigenvalue weighted by Crippen LogP contribution is -2.38. The molecule has 0 radical (unpaired) electrons. The highest BCUT2D eigenvalue weighted by molar-refractivity contribution is 8.00. The van der Waals surface area contributed by atoms with Crippen LogP contribution in [0.1, 0.15) is 26.2 Å². The van der Waals surface area contributed by atoms with Gasteiger partial charge in [0, 0.05) is 41.9 Å². The third-order valence-electron chi connectivity index (χ3n) is 3.75. The van der Waals surface area contributed by atoms with E-state index in [4.69, 9.17) is 5.73 Å². The molecule has 1 fully saturated rings. The Morgan fingerprint density at radius 1 is 1.43 bits per heavy atom. The first-order chi connectivity index (χ1) is 10.2.